The maximum absolute atomic E-state index is 5.41. The van der Waals surface area contributed by atoms with E-state index in [0.29, 0.717) is 23.1 Å². The standard InChI is InChI=1S/C21H19BrN4O3/c1-27-17-9-15(10-18(28-2)21(17)29-3)25-19-11-20(24-12-23-19)26-7-6-13-4-5-14(22)8-16(13)26/h4-12H,1-3H3,(H,23,24,25). The maximum atomic E-state index is 5.41. The fraction of sp³-hybridized carbons (Fsp3) is 0.143. The van der Waals surface area contributed by atoms with Crippen LogP contribution in [0.5, 0.6) is 17.2 Å². The van der Waals surface area contributed by atoms with Crippen molar-refractivity contribution in [2.75, 3.05) is 26.6 Å². The number of anilines is 2. The normalized spacial score (nSPS) is 10.8. The van der Waals surface area contributed by atoms with Gasteiger partial charge in [0.2, 0.25) is 5.75 Å². The summed E-state index contributed by atoms with van der Waals surface area (Å²) in [6.07, 6.45) is 3.52. The van der Waals surface area contributed by atoms with Crippen molar-refractivity contribution < 1.29 is 14.2 Å². The van der Waals surface area contributed by atoms with E-state index in [2.05, 4.69) is 49.4 Å². The average molecular weight is 455 g/mol. The van der Waals surface area contributed by atoms with E-state index in [1.807, 2.05) is 35.0 Å². The van der Waals surface area contributed by atoms with Gasteiger partial charge in [0.25, 0.3) is 0 Å². The summed E-state index contributed by atoms with van der Waals surface area (Å²) < 4.78 is 19.2. The van der Waals surface area contributed by atoms with Crippen LogP contribution in [0.2, 0.25) is 0 Å². The molecule has 8 heteroatoms. The van der Waals surface area contributed by atoms with Crippen molar-refractivity contribution >= 4 is 38.3 Å². The molecule has 0 spiro atoms. The van der Waals surface area contributed by atoms with Crippen LogP contribution in [0.4, 0.5) is 11.5 Å². The fourth-order valence-electron chi connectivity index (χ4n) is 3.15. The van der Waals surface area contributed by atoms with Crippen molar-refractivity contribution in [3.05, 3.63) is 59.5 Å². The Kier molecular flexibility index (Phi) is 5.26. The number of fused-ring (bicyclic) bond motifs is 1. The molecule has 0 saturated carbocycles. The summed E-state index contributed by atoms with van der Waals surface area (Å²) in [6, 6.07) is 13.7. The molecule has 0 aliphatic carbocycles. The molecule has 0 atom stereocenters. The number of nitrogens with one attached hydrogen (secondary N) is 1. The predicted octanol–water partition coefficient (Wildman–Crippen LogP) is 4.95. The van der Waals surface area contributed by atoms with E-state index in [9.17, 15) is 0 Å². The van der Waals surface area contributed by atoms with E-state index >= 15 is 0 Å². The lowest BCUT2D eigenvalue weighted by molar-refractivity contribution is 0.324. The van der Waals surface area contributed by atoms with Gasteiger partial charge in [-0.15, -0.1) is 0 Å². The molecule has 0 aliphatic heterocycles. The molecule has 0 radical (unpaired) electrons. The van der Waals surface area contributed by atoms with Crippen LogP contribution in [0.25, 0.3) is 16.7 Å². The maximum Gasteiger partial charge on any atom is 0.203 e. The van der Waals surface area contributed by atoms with Crippen LogP contribution < -0.4 is 19.5 Å². The lowest BCUT2D eigenvalue weighted by Gasteiger charge is -2.15. The zero-order valence-electron chi connectivity index (χ0n) is 16.1. The van der Waals surface area contributed by atoms with Crippen molar-refractivity contribution in [2.24, 2.45) is 0 Å². The lowest BCUT2D eigenvalue weighted by atomic mass is 10.2. The Morgan fingerprint density at radius 3 is 2.34 bits per heavy atom. The number of ether oxygens (including phenoxy) is 3. The number of rotatable bonds is 6. The largest absolute Gasteiger partial charge is 0.493 e. The predicted molar refractivity (Wildman–Crippen MR) is 116 cm³/mol. The molecule has 2 aromatic carbocycles. The lowest BCUT2D eigenvalue weighted by Crippen LogP contribution is -2.01. The van der Waals surface area contributed by atoms with Crippen LogP contribution in [0, 0.1) is 0 Å². The zero-order chi connectivity index (χ0) is 20.4. The summed E-state index contributed by atoms with van der Waals surface area (Å²) in [5, 5.41) is 4.41. The molecule has 0 amide bonds. The van der Waals surface area contributed by atoms with Crippen molar-refractivity contribution in [3.8, 4) is 23.1 Å². The number of benzene rings is 2. The van der Waals surface area contributed by atoms with Crippen LogP contribution in [0.3, 0.4) is 0 Å². The first-order chi connectivity index (χ1) is 14.1. The van der Waals surface area contributed by atoms with Crippen LogP contribution in [-0.2, 0) is 0 Å². The molecule has 4 aromatic rings. The molecule has 0 fully saturated rings. The number of nitrogens with zero attached hydrogens (tertiary/aromatic N) is 3. The molecule has 0 saturated heterocycles. The van der Waals surface area contributed by atoms with Gasteiger partial charge in [-0.05, 0) is 18.2 Å². The van der Waals surface area contributed by atoms with E-state index in [0.717, 1.165) is 26.9 Å². The quantitative estimate of drug-likeness (QED) is 0.444. The minimum Gasteiger partial charge on any atom is -0.493 e. The number of aromatic nitrogens is 3. The summed E-state index contributed by atoms with van der Waals surface area (Å²) in [5.41, 5.74) is 1.81. The van der Waals surface area contributed by atoms with E-state index in [1.165, 1.54) is 6.33 Å². The second-order valence-corrected chi connectivity index (χ2v) is 7.11. The third-order valence-electron chi connectivity index (χ3n) is 4.49. The van der Waals surface area contributed by atoms with Crippen LogP contribution in [0.1, 0.15) is 0 Å². The van der Waals surface area contributed by atoms with Gasteiger partial charge < -0.3 is 24.1 Å². The number of halogens is 1. The van der Waals surface area contributed by atoms with Gasteiger partial charge in [-0.3, -0.25) is 0 Å². The molecule has 7 nitrogen and oxygen atoms in total. The van der Waals surface area contributed by atoms with Gasteiger partial charge in [0.05, 0.1) is 26.8 Å². The van der Waals surface area contributed by atoms with Crippen LogP contribution >= 0.6 is 15.9 Å². The van der Waals surface area contributed by atoms with E-state index in [4.69, 9.17) is 14.2 Å². The Balaban J connectivity index is 1.70. The summed E-state index contributed by atoms with van der Waals surface area (Å²) in [6.45, 7) is 0. The monoisotopic (exact) mass is 454 g/mol. The molecule has 1 N–H and O–H groups in total. The molecule has 0 unspecified atom stereocenters. The highest BCUT2D eigenvalue weighted by atomic mass is 79.9. The fourth-order valence-corrected chi connectivity index (χ4v) is 3.50. The summed E-state index contributed by atoms with van der Waals surface area (Å²) in [7, 11) is 4.74. The van der Waals surface area contributed by atoms with Crippen molar-refractivity contribution in [3.63, 3.8) is 0 Å². The molecule has 2 aromatic heterocycles. The molecule has 0 bridgehead atoms. The molecule has 2 heterocycles. The molecule has 4 rings (SSSR count). The van der Waals surface area contributed by atoms with Gasteiger partial charge in [0, 0.05) is 39.9 Å². The van der Waals surface area contributed by atoms with E-state index in [-0.39, 0.29) is 0 Å². The third-order valence-corrected chi connectivity index (χ3v) is 4.99. The SMILES string of the molecule is COc1cc(Nc2cc(-n3ccc4ccc(Br)cc43)ncn2)cc(OC)c1OC. The van der Waals surface area contributed by atoms with Gasteiger partial charge in [-0.2, -0.15) is 0 Å². The Morgan fingerprint density at radius 2 is 1.66 bits per heavy atom. The first kappa shape index (κ1) is 19.1. The van der Waals surface area contributed by atoms with E-state index in [1.54, 1.807) is 21.3 Å². The summed E-state index contributed by atoms with van der Waals surface area (Å²) in [5.74, 6) is 3.05. The van der Waals surface area contributed by atoms with Crippen LogP contribution in [-0.4, -0.2) is 35.9 Å². The second-order valence-electron chi connectivity index (χ2n) is 6.19. The summed E-state index contributed by atoms with van der Waals surface area (Å²) in [4.78, 5) is 8.76. The highest BCUT2D eigenvalue weighted by Crippen LogP contribution is 2.40. The van der Waals surface area contributed by atoms with Crippen molar-refractivity contribution in [1.29, 1.82) is 0 Å². The molecule has 0 aliphatic rings. The molecular weight excluding hydrogens is 436 g/mol. The van der Waals surface area contributed by atoms with Crippen molar-refractivity contribution in [2.45, 2.75) is 0 Å². The minimum absolute atomic E-state index is 0.535. The third kappa shape index (κ3) is 3.71. The van der Waals surface area contributed by atoms with Gasteiger partial charge in [-0.25, -0.2) is 9.97 Å². The molecule has 29 heavy (non-hydrogen) atoms. The van der Waals surface area contributed by atoms with Crippen LogP contribution in [0.15, 0.2) is 59.5 Å². The smallest absolute Gasteiger partial charge is 0.203 e. The molecular formula is C21H19BrN4O3. The Hall–Kier alpha value is -3.26. The second kappa shape index (κ2) is 8.00. The summed E-state index contributed by atoms with van der Waals surface area (Å²) >= 11 is 3.53. The number of hydrogen-bond acceptors (Lipinski definition) is 6. The van der Waals surface area contributed by atoms with E-state index < -0.39 is 0 Å². The molecule has 148 valence electrons. The highest BCUT2D eigenvalue weighted by molar-refractivity contribution is 9.10. The van der Waals surface area contributed by atoms with Gasteiger partial charge in [-0.1, -0.05) is 22.0 Å². The van der Waals surface area contributed by atoms with Gasteiger partial charge >= 0.3 is 0 Å². The average Bonchev–Trinajstić information content (AvgIpc) is 3.16. The number of methoxy groups -OCH3 is 3. The Bertz CT molecular complexity index is 1150. The first-order valence-corrected chi connectivity index (χ1v) is 9.58. The first-order valence-electron chi connectivity index (χ1n) is 8.79. The number of hydrogen-bond donors (Lipinski definition) is 1. The highest BCUT2D eigenvalue weighted by Gasteiger charge is 2.14. The minimum atomic E-state index is 0.535. The van der Waals surface area contributed by atoms with Gasteiger partial charge in [0.1, 0.15) is 18.0 Å². The Morgan fingerprint density at radius 1 is 0.897 bits per heavy atom. The topological polar surface area (TPSA) is 70.4 Å². The zero-order valence-corrected chi connectivity index (χ0v) is 17.7. The Labute approximate surface area is 176 Å². The van der Waals surface area contributed by atoms with Gasteiger partial charge in [0.15, 0.2) is 11.5 Å². The van der Waals surface area contributed by atoms with Crippen molar-refractivity contribution in [1.82, 2.24) is 14.5 Å².